The molecular formula is C20H16N4O. The van der Waals surface area contributed by atoms with E-state index in [2.05, 4.69) is 19.9 Å². The second-order valence-electron chi connectivity index (χ2n) is 5.87. The largest absolute Gasteiger partial charge is 0.345 e. The van der Waals surface area contributed by atoms with Gasteiger partial charge in [-0.15, -0.1) is 0 Å². The van der Waals surface area contributed by atoms with Crippen molar-refractivity contribution < 1.29 is 4.79 Å². The van der Waals surface area contributed by atoms with Gasteiger partial charge < -0.3 is 4.98 Å². The molecule has 0 spiro atoms. The van der Waals surface area contributed by atoms with Crippen LogP contribution in [0.1, 0.15) is 11.3 Å². The number of pyridine rings is 1. The number of ketones is 1. The first-order valence-corrected chi connectivity index (χ1v) is 8.08. The molecule has 3 aromatic heterocycles. The molecule has 0 aliphatic rings. The van der Waals surface area contributed by atoms with Crippen molar-refractivity contribution in [3.63, 3.8) is 0 Å². The first kappa shape index (κ1) is 15.2. The van der Waals surface area contributed by atoms with Crippen LogP contribution in [-0.2, 0) is 17.6 Å². The Balaban J connectivity index is 1.56. The zero-order valence-corrected chi connectivity index (χ0v) is 13.5. The molecule has 25 heavy (non-hydrogen) atoms. The first-order valence-electron chi connectivity index (χ1n) is 8.08. The summed E-state index contributed by atoms with van der Waals surface area (Å²) in [6.07, 6.45) is 5.85. The fraction of sp³-hybridized carbons (Fsp3) is 0.100. The van der Waals surface area contributed by atoms with Crippen molar-refractivity contribution in [3.8, 4) is 11.3 Å². The number of carbonyl (C=O) groups excluding carboxylic acids is 1. The van der Waals surface area contributed by atoms with Crippen LogP contribution in [0.4, 0.5) is 0 Å². The molecule has 0 radical (unpaired) electrons. The van der Waals surface area contributed by atoms with E-state index < -0.39 is 0 Å². The van der Waals surface area contributed by atoms with Crippen molar-refractivity contribution in [1.82, 2.24) is 19.9 Å². The van der Waals surface area contributed by atoms with Gasteiger partial charge in [0.1, 0.15) is 17.8 Å². The maximum atomic E-state index is 12.3. The minimum Gasteiger partial charge on any atom is -0.345 e. The van der Waals surface area contributed by atoms with Gasteiger partial charge in [-0.2, -0.15) is 0 Å². The van der Waals surface area contributed by atoms with Gasteiger partial charge in [0, 0.05) is 36.2 Å². The molecule has 0 saturated heterocycles. The summed E-state index contributed by atoms with van der Waals surface area (Å²) in [4.78, 5) is 28.4. The SMILES string of the molecule is O=C(Cc1ccccc1)Cc1cc(-c2c[nH]c3ncccc23)ncn1. The van der Waals surface area contributed by atoms with E-state index in [-0.39, 0.29) is 5.78 Å². The number of H-pyrrole nitrogens is 1. The number of hydrogen-bond donors (Lipinski definition) is 1. The van der Waals surface area contributed by atoms with Gasteiger partial charge in [0.05, 0.1) is 11.4 Å². The maximum absolute atomic E-state index is 12.3. The van der Waals surface area contributed by atoms with Crippen LogP contribution in [0.15, 0.2) is 67.3 Å². The third kappa shape index (κ3) is 3.30. The Hall–Kier alpha value is -3.34. The second kappa shape index (κ2) is 6.65. The molecule has 0 atom stereocenters. The predicted octanol–water partition coefficient (Wildman–Crippen LogP) is 3.37. The summed E-state index contributed by atoms with van der Waals surface area (Å²) in [5.74, 6) is 0.136. The summed E-state index contributed by atoms with van der Waals surface area (Å²) in [5, 5.41) is 1.00. The van der Waals surface area contributed by atoms with Gasteiger partial charge >= 0.3 is 0 Å². The van der Waals surface area contributed by atoms with Crippen LogP contribution in [0, 0.1) is 0 Å². The topological polar surface area (TPSA) is 71.5 Å². The summed E-state index contributed by atoms with van der Waals surface area (Å²) in [7, 11) is 0. The van der Waals surface area contributed by atoms with Crippen LogP contribution in [0.3, 0.4) is 0 Å². The van der Waals surface area contributed by atoms with Gasteiger partial charge in [0.2, 0.25) is 0 Å². The van der Waals surface area contributed by atoms with Crippen LogP contribution < -0.4 is 0 Å². The third-order valence-corrected chi connectivity index (χ3v) is 4.07. The summed E-state index contributed by atoms with van der Waals surface area (Å²) in [6, 6.07) is 15.5. The van der Waals surface area contributed by atoms with E-state index in [9.17, 15) is 4.79 Å². The van der Waals surface area contributed by atoms with E-state index in [1.54, 1.807) is 6.20 Å². The Kier molecular flexibility index (Phi) is 4.04. The zero-order valence-electron chi connectivity index (χ0n) is 13.5. The van der Waals surface area contributed by atoms with E-state index in [1.807, 2.05) is 54.7 Å². The van der Waals surface area contributed by atoms with Crippen molar-refractivity contribution in [2.75, 3.05) is 0 Å². The van der Waals surface area contributed by atoms with Crippen molar-refractivity contribution in [2.45, 2.75) is 12.8 Å². The van der Waals surface area contributed by atoms with Gasteiger partial charge in [-0.3, -0.25) is 4.79 Å². The van der Waals surface area contributed by atoms with Crippen LogP contribution >= 0.6 is 0 Å². The number of nitrogens with one attached hydrogen (secondary N) is 1. The van der Waals surface area contributed by atoms with Crippen LogP contribution in [-0.4, -0.2) is 25.7 Å². The van der Waals surface area contributed by atoms with E-state index in [0.717, 1.165) is 33.5 Å². The summed E-state index contributed by atoms with van der Waals surface area (Å²) in [5.41, 5.74) is 4.31. The lowest BCUT2D eigenvalue weighted by Gasteiger charge is -2.04. The predicted molar refractivity (Wildman–Crippen MR) is 96.0 cm³/mol. The smallest absolute Gasteiger partial charge is 0.143 e. The van der Waals surface area contributed by atoms with Crippen molar-refractivity contribution >= 4 is 16.8 Å². The summed E-state index contributed by atoms with van der Waals surface area (Å²) < 4.78 is 0. The van der Waals surface area contributed by atoms with Gasteiger partial charge in [-0.05, 0) is 23.8 Å². The third-order valence-electron chi connectivity index (χ3n) is 4.07. The number of Topliss-reactive ketones (excluding diaryl/α,β-unsaturated/α-hetero) is 1. The van der Waals surface area contributed by atoms with Crippen molar-refractivity contribution in [1.29, 1.82) is 0 Å². The highest BCUT2D eigenvalue weighted by molar-refractivity contribution is 5.92. The Bertz CT molecular complexity index is 1020. The molecule has 5 heteroatoms. The number of nitrogens with zero attached hydrogens (tertiary/aromatic N) is 3. The van der Waals surface area contributed by atoms with Crippen LogP contribution in [0.5, 0.6) is 0 Å². The van der Waals surface area contributed by atoms with E-state index in [1.165, 1.54) is 6.33 Å². The highest BCUT2D eigenvalue weighted by Crippen LogP contribution is 2.25. The molecule has 3 heterocycles. The van der Waals surface area contributed by atoms with Crippen LogP contribution in [0.2, 0.25) is 0 Å². The van der Waals surface area contributed by atoms with Gasteiger partial charge in [0.25, 0.3) is 0 Å². The van der Waals surface area contributed by atoms with Crippen molar-refractivity contribution in [2.24, 2.45) is 0 Å². The Labute approximate surface area is 144 Å². The molecule has 0 bridgehead atoms. The lowest BCUT2D eigenvalue weighted by molar-refractivity contribution is -0.117. The summed E-state index contributed by atoms with van der Waals surface area (Å²) in [6.45, 7) is 0. The molecule has 0 amide bonds. The number of aromatic amines is 1. The van der Waals surface area contributed by atoms with Crippen LogP contribution in [0.25, 0.3) is 22.3 Å². The van der Waals surface area contributed by atoms with Crippen molar-refractivity contribution in [3.05, 3.63) is 78.5 Å². The molecule has 122 valence electrons. The molecule has 0 fully saturated rings. The summed E-state index contributed by atoms with van der Waals surface area (Å²) >= 11 is 0. The second-order valence-corrected chi connectivity index (χ2v) is 5.87. The van der Waals surface area contributed by atoms with E-state index in [0.29, 0.717) is 12.8 Å². The number of hydrogen-bond acceptors (Lipinski definition) is 4. The lowest BCUT2D eigenvalue weighted by Crippen LogP contribution is -2.08. The van der Waals surface area contributed by atoms with Gasteiger partial charge in [-0.25, -0.2) is 15.0 Å². The number of rotatable bonds is 5. The molecule has 4 aromatic rings. The van der Waals surface area contributed by atoms with E-state index in [4.69, 9.17) is 0 Å². The zero-order chi connectivity index (χ0) is 17.1. The minimum absolute atomic E-state index is 0.136. The Morgan fingerprint density at radius 2 is 1.84 bits per heavy atom. The standard InChI is InChI=1S/C20H16N4O/c25-16(9-14-5-2-1-3-6-14)10-15-11-19(24-13-23-15)18-12-22-20-17(18)7-4-8-21-20/h1-8,11-13H,9-10H2,(H,21,22). The fourth-order valence-corrected chi connectivity index (χ4v) is 2.90. The first-order chi connectivity index (χ1) is 12.3. The average molecular weight is 328 g/mol. The number of benzene rings is 1. The molecule has 1 N–H and O–H groups in total. The minimum atomic E-state index is 0.136. The number of carbonyl (C=O) groups is 1. The molecule has 1 aromatic carbocycles. The van der Waals surface area contributed by atoms with Gasteiger partial charge in [0.15, 0.2) is 0 Å². The van der Waals surface area contributed by atoms with E-state index >= 15 is 0 Å². The fourth-order valence-electron chi connectivity index (χ4n) is 2.90. The number of aromatic nitrogens is 4. The molecule has 0 saturated carbocycles. The lowest BCUT2D eigenvalue weighted by atomic mass is 10.0. The Morgan fingerprint density at radius 3 is 2.72 bits per heavy atom. The highest BCUT2D eigenvalue weighted by Gasteiger charge is 2.11. The Morgan fingerprint density at radius 1 is 0.960 bits per heavy atom. The normalized spacial score (nSPS) is 10.9. The average Bonchev–Trinajstić information content (AvgIpc) is 3.07. The molecule has 0 aliphatic heterocycles. The molecule has 4 rings (SSSR count). The maximum Gasteiger partial charge on any atom is 0.143 e. The molecule has 0 aliphatic carbocycles. The quantitative estimate of drug-likeness (QED) is 0.610. The molecule has 0 unspecified atom stereocenters. The monoisotopic (exact) mass is 328 g/mol. The highest BCUT2D eigenvalue weighted by atomic mass is 16.1. The molecular weight excluding hydrogens is 312 g/mol. The number of fused-ring (bicyclic) bond motifs is 1. The van der Waals surface area contributed by atoms with Gasteiger partial charge in [-0.1, -0.05) is 30.3 Å². The molecule has 5 nitrogen and oxygen atoms in total.